The highest BCUT2D eigenvalue weighted by atomic mass is 16.5. The van der Waals surface area contributed by atoms with Crippen LogP contribution in [0.3, 0.4) is 0 Å². The molecule has 0 bridgehead atoms. The number of hydrogen-bond acceptors (Lipinski definition) is 4. The Labute approximate surface area is 188 Å². The fraction of sp³-hybridized carbons (Fsp3) is 0.400. The molecule has 32 heavy (non-hydrogen) atoms. The lowest BCUT2D eigenvalue weighted by molar-refractivity contribution is -0.129. The molecule has 1 saturated carbocycles. The maximum absolute atomic E-state index is 12.4. The number of anilines is 1. The fourth-order valence-corrected chi connectivity index (χ4v) is 3.76. The number of ether oxygens (including phenoxy) is 1. The summed E-state index contributed by atoms with van der Waals surface area (Å²) in [6.07, 6.45) is 4.97. The van der Waals surface area contributed by atoms with Gasteiger partial charge in [0.15, 0.2) is 6.10 Å². The maximum Gasteiger partial charge on any atom is 0.279 e. The molecule has 3 N–H and O–H groups in total. The molecule has 1 fully saturated rings. The van der Waals surface area contributed by atoms with E-state index in [1.807, 2.05) is 32.0 Å². The van der Waals surface area contributed by atoms with E-state index in [2.05, 4.69) is 16.2 Å². The minimum absolute atomic E-state index is 0.0355. The second-order valence-electron chi connectivity index (χ2n) is 8.18. The first-order valence-electron chi connectivity index (χ1n) is 11.2. The van der Waals surface area contributed by atoms with Gasteiger partial charge in [0.1, 0.15) is 5.75 Å². The predicted molar refractivity (Wildman–Crippen MR) is 123 cm³/mol. The van der Waals surface area contributed by atoms with Crippen molar-refractivity contribution in [3.63, 3.8) is 0 Å². The Morgan fingerprint density at radius 2 is 1.72 bits per heavy atom. The number of hydrazine groups is 1. The van der Waals surface area contributed by atoms with Gasteiger partial charge in [0, 0.05) is 17.2 Å². The number of aryl methyl sites for hydroxylation is 1. The lowest BCUT2D eigenvalue weighted by atomic mass is 9.88. The lowest BCUT2D eigenvalue weighted by Gasteiger charge is -2.20. The summed E-state index contributed by atoms with van der Waals surface area (Å²) in [4.78, 5) is 37.2. The minimum atomic E-state index is -0.727. The summed E-state index contributed by atoms with van der Waals surface area (Å²) >= 11 is 0. The van der Waals surface area contributed by atoms with Crippen LogP contribution in [-0.2, 0) is 9.59 Å². The van der Waals surface area contributed by atoms with E-state index in [0.717, 1.165) is 31.2 Å². The molecule has 1 aliphatic carbocycles. The van der Waals surface area contributed by atoms with Crippen molar-refractivity contribution in [2.45, 2.75) is 58.5 Å². The zero-order valence-corrected chi connectivity index (χ0v) is 18.6. The Bertz CT molecular complexity index is 936. The average molecular weight is 438 g/mol. The summed E-state index contributed by atoms with van der Waals surface area (Å²) in [5.41, 5.74) is 6.89. The first-order valence-corrected chi connectivity index (χ1v) is 11.2. The summed E-state index contributed by atoms with van der Waals surface area (Å²) in [6, 6.07) is 14.0. The summed E-state index contributed by atoms with van der Waals surface area (Å²) < 4.78 is 5.74. The minimum Gasteiger partial charge on any atom is -0.481 e. The second kappa shape index (κ2) is 11.3. The molecular weight excluding hydrogens is 406 g/mol. The molecule has 1 unspecified atom stereocenters. The number of rotatable bonds is 7. The molecule has 1 aliphatic rings. The van der Waals surface area contributed by atoms with Gasteiger partial charge in [-0.05, 0) is 68.1 Å². The van der Waals surface area contributed by atoms with Crippen molar-refractivity contribution in [3.8, 4) is 5.75 Å². The topological polar surface area (TPSA) is 96.5 Å². The number of benzene rings is 2. The molecule has 1 atom stereocenters. The van der Waals surface area contributed by atoms with Crippen LogP contribution in [0.25, 0.3) is 0 Å². The average Bonchev–Trinajstić information content (AvgIpc) is 2.82. The zero-order chi connectivity index (χ0) is 22.9. The van der Waals surface area contributed by atoms with Crippen LogP contribution in [-0.4, -0.2) is 23.8 Å². The first-order chi connectivity index (χ1) is 15.5. The van der Waals surface area contributed by atoms with Gasteiger partial charge in [0.25, 0.3) is 11.8 Å². The Hall–Kier alpha value is -3.35. The van der Waals surface area contributed by atoms with Gasteiger partial charge in [0.05, 0.1) is 0 Å². The molecule has 0 radical (unpaired) electrons. The van der Waals surface area contributed by atoms with Gasteiger partial charge in [-0.1, -0.05) is 38.3 Å². The Balaban J connectivity index is 1.49. The number of nitrogens with one attached hydrogen (secondary N) is 3. The van der Waals surface area contributed by atoms with Crippen molar-refractivity contribution in [1.29, 1.82) is 0 Å². The number of amides is 3. The smallest absolute Gasteiger partial charge is 0.279 e. The molecule has 2 aromatic carbocycles. The Morgan fingerprint density at radius 1 is 1.00 bits per heavy atom. The van der Waals surface area contributed by atoms with Crippen LogP contribution in [0.15, 0.2) is 48.5 Å². The molecule has 0 heterocycles. The maximum atomic E-state index is 12.4. The van der Waals surface area contributed by atoms with Crippen LogP contribution < -0.4 is 20.9 Å². The third-order valence-electron chi connectivity index (χ3n) is 5.62. The van der Waals surface area contributed by atoms with E-state index >= 15 is 0 Å². The molecule has 0 aliphatic heterocycles. The molecule has 7 nitrogen and oxygen atoms in total. The third-order valence-corrected chi connectivity index (χ3v) is 5.62. The summed E-state index contributed by atoms with van der Waals surface area (Å²) in [6.45, 7) is 3.78. The number of carbonyl (C=O) groups excluding carboxylic acids is 3. The van der Waals surface area contributed by atoms with Crippen LogP contribution >= 0.6 is 0 Å². The van der Waals surface area contributed by atoms with Crippen LogP contribution in [0.1, 0.15) is 61.4 Å². The highest BCUT2D eigenvalue weighted by molar-refractivity contribution is 5.97. The molecule has 0 saturated heterocycles. The lowest BCUT2D eigenvalue weighted by Crippen LogP contribution is -2.47. The van der Waals surface area contributed by atoms with Crippen molar-refractivity contribution in [2.24, 2.45) is 5.92 Å². The van der Waals surface area contributed by atoms with Gasteiger partial charge in [-0.25, -0.2) is 0 Å². The van der Waals surface area contributed by atoms with Crippen LogP contribution in [0.2, 0.25) is 0 Å². The molecule has 3 rings (SSSR count). The van der Waals surface area contributed by atoms with E-state index in [1.54, 1.807) is 30.3 Å². The van der Waals surface area contributed by atoms with Gasteiger partial charge in [-0.2, -0.15) is 0 Å². The third kappa shape index (κ3) is 6.57. The summed E-state index contributed by atoms with van der Waals surface area (Å²) in [5, 5.41) is 2.92. The highest BCUT2D eigenvalue weighted by Crippen LogP contribution is 2.25. The van der Waals surface area contributed by atoms with Crippen molar-refractivity contribution in [2.75, 3.05) is 5.32 Å². The van der Waals surface area contributed by atoms with Crippen molar-refractivity contribution < 1.29 is 19.1 Å². The largest absolute Gasteiger partial charge is 0.481 e. The van der Waals surface area contributed by atoms with E-state index in [-0.39, 0.29) is 11.8 Å². The second-order valence-corrected chi connectivity index (χ2v) is 8.18. The van der Waals surface area contributed by atoms with Gasteiger partial charge in [0.2, 0.25) is 5.91 Å². The Kier molecular flexibility index (Phi) is 8.25. The van der Waals surface area contributed by atoms with E-state index in [0.29, 0.717) is 23.4 Å². The van der Waals surface area contributed by atoms with Gasteiger partial charge < -0.3 is 10.1 Å². The van der Waals surface area contributed by atoms with Crippen LogP contribution in [0.4, 0.5) is 5.69 Å². The zero-order valence-electron chi connectivity index (χ0n) is 18.6. The van der Waals surface area contributed by atoms with Crippen molar-refractivity contribution >= 4 is 23.4 Å². The quantitative estimate of drug-likeness (QED) is 0.568. The summed E-state index contributed by atoms with van der Waals surface area (Å²) in [7, 11) is 0. The monoisotopic (exact) mass is 437 g/mol. The molecule has 3 amide bonds. The van der Waals surface area contributed by atoms with E-state index in [4.69, 9.17) is 4.74 Å². The first kappa shape index (κ1) is 23.3. The number of hydrogen-bond donors (Lipinski definition) is 3. The highest BCUT2D eigenvalue weighted by Gasteiger charge is 2.21. The number of carbonyl (C=O) groups is 3. The molecule has 170 valence electrons. The molecule has 0 spiro atoms. The molecular formula is C25H31N3O4. The fourth-order valence-electron chi connectivity index (χ4n) is 3.76. The predicted octanol–water partition coefficient (Wildman–Crippen LogP) is 4.13. The van der Waals surface area contributed by atoms with Gasteiger partial charge in [-0.15, -0.1) is 0 Å². The van der Waals surface area contributed by atoms with Gasteiger partial charge in [-0.3, -0.25) is 25.2 Å². The van der Waals surface area contributed by atoms with Crippen LogP contribution in [0.5, 0.6) is 5.75 Å². The van der Waals surface area contributed by atoms with Crippen LogP contribution in [0, 0.1) is 12.8 Å². The molecule has 0 aromatic heterocycles. The van der Waals surface area contributed by atoms with E-state index < -0.39 is 17.9 Å². The SMILES string of the molecule is CCC(Oc1cccc(C)c1)C(=O)NNC(=O)c1ccc(NC(=O)C2CCCCC2)cc1. The van der Waals surface area contributed by atoms with E-state index in [9.17, 15) is 14.4 Å². The molecule has 2 aromatic rings. The molecule has 7 heteroatoms. The summed E-state index contributed by atoms with van der Waals surface area (Å²) in [5.74, 6) is -0.180. The van der Waals surface area contributed by atoms with Gasteiger partial charge >= 0.3 is 0 Å². The van der Waals surface area contributed by atoms with E-state index in [1.165, 1.54) is 6.42 Å². The Morgan fingerprint density at radius 3 is 2.38 bits per heavy atom. The standard InChI is InChI=1S/C25H31N3O4/c1-3-22(32-21-11-7-8-17(2)16-21)25(31)28-27-24(30)19-12-14-20(15-13-19)26-23(29)18-9-5-4-6-10-18/h7-8,11-16,18,22H,3-6,9-10H2,1-2H3,(H,26,29)(H,27,30)(H,28,31). The van der Waals surface area contributed by atoms with Crippen molar-refractivity contribution in [3.05, 3.63) is 59.7 Å². The normalized spacial score (nSPS) is 14.8. The van der Waals surface area contributed by atoms with Crippen molar-refractivity contribution in [1.82, 2.24) is 10.9 Å².